The van der Waals surface area contributed by atoms with Crippen molar-refractivity contribution in [3.63, 3.8) is 0 Å². The van der Waals surface area contributed by atoms with Crippen molar-refractivity contribution in [1.82, 2.24) is 4.72 Å². The number of aliphatic imine (C=N–C) groups is 1. The second kappa shape index (κ2) is 8.54. The molecule has 0 aromatic heterocycles. The molecule has 0 saturated heterocycles. The second-order valence-corrected chi connectivity index (χ2v) is 8.52. The number of anilines is 1. The van der Waals surface area contributed by atoms with Crippen LogP contribution >= 0.6 is 0 Å². The quantitative estimate of drug-likeness (QED) is 0.404. The Balaban J connectivity index is 1.55. The highest BCUT2D eigenvalue weighted by atomic mass is 32.2. The van der Waals surface area contributed by atoms with Gasteiger partial charge in [-0.1, -0.05) is 29.8 Å². The molecule has 7 heteroatoms. The number of nitrogens with two attached hydrogens (primary N) is 1. The first-order valence-electron chi connectivity index (χ1n) is 9.20. The van der Waals surface area contributed by atoms with E-state index in [9.17, 15) is 8.42 Å². The van der Waals surface area contributed by atoms with Crippen LogP contribution in [0.2, 0.25) is 0 Å². The van der Waals surface area contributed by atoms with Crippen molar-refractivity contribution >= 4 is 21.7 Å². The highest BCUT2D eigenvalue weighted by molar-refractivity contribution is 7.89. The second-order valence-electron chi connectivity index (χ2n) is 6.75. The fraction of sp³-hybridized carbons (Fsp3) is 0.350. The van der Waals surface area contributed by atoms with Crippen LogP contribution in [0.1, 0.15) is 29.5 Å². The molecule has 0 atom stereocenters. The molecule has 0 fully saturated rings. The zero-order valence-electron chi connectivity index (χ0n) is 15.5. The van der Waals surface area contributed by atoms with Gasteiger partial charge in [-0.15, -0.1) is 0 Å². The molecule has 1 aliphatic rings. The van der Waals surface area contributed by atoms with E-state index in [4.69, 9.17) is 5.73 Å². The molecule has 0 aliphatic heterocycles. The average molecular weight is 387 g/mol. The Morgan fingerprint density at radius 1 is 1.11 bits per heavy atom. The smallest absolute Gasteiger partial charge is 0.240 e. The van der Waals surface area contributed by atoms with Gasteiger partial charge in [-0.3, -0.25) is 4.99 Å². The van der Waals surface area contributed by atoms with E-state index < -0.39 is 10.0 Å². The van der Waals surface area contributed by atoms with Gasteiger partial charge in [0, 0.05) is 12.2 Å². The maximum Gasteiger partial charge on any atom is 0.240 e. The fourth-order valence-corrected chi connectivity index (χ4v) is 4.25. The van der Waals surface area contributed by atoms with Crippen molar-refractivity contribution in [3.05, 3.63) is 59.2 Å². The van der Waals surface area contributed by atoms with E-state index in [1.54, 1.807) is 24.3 Å². The highest BCUT2D eigenvalue weighted by Gasteiger charge is 2.14. The summed E-state index contributed by atoms with van der Waals surface area (Å²) in [7, 11) is -3.53. The Kier molecular flexibility index (Phi) is 6.13. The molecule has 1 aliphatic carbocycles. The Labute approximate surface area is 160 Å². The molecule has 6 nitrogen and oxygen atoms in total. The maximum absolute atomic E-state index is 12.2. The number of guanidine groups is 1. The van der Waals surface area contributed by atoms with Crippen LogP contribution in [0, 0.1) is 6.92 Å². The van der Waals surface area contributed by atoms with Crippen molar-refractivity contribution in [2.75, 3.05) is 18.4 Å². The largest absolute Gasteiger partial charge is 0.370 e. The van der Waals surface area contributed by atoms with Crippen LogP contribution in [0.15, 0.2) is 52.4 Å². The number of nitrogens with one attached hydrogen (secondary N) is 2. The summed E-state index contributed by atoms with van der Waals surface area (Å²) in [6.45, 7) is 2.36. The standard InChI is InChI=1S/C20H26N4O2S/c1-15-9-11-17(12-10-15)27(25,26)23-14-13-22-20(21)24-19-8-4-6-16-5-2-3-7-18(16)19/h4,6,8-12,23H,2-3,5,7,13-14H2,1H3,(H3,21,22,24). The normalized spacial score (nSPS) is 14.6. The van der Waals surface area contributed by atoms with Crippen LogP contribution in [0.4, 0.5) is 5.69 Å². The topological polar surface area (TPSA) is 96.6 Å². The first-order chi connectivity index (χ1) is 13.0. The van der Waals surface area contributed by atoms with Crippen molar-refractivity contribution in [2.45, 2.75) is 37.5 Å². The van der Waals surface area contributed by atoms with E-state index in [-0.39, 0.29) is 18.0 Å². The van der Waals surface area contributed by atoms with Gasteiger partial charge in [0.25, 0.3) is 0 Å². The maximum atomic E-state index is 12.2. The zero-order chi connectivity index (χ0) is 19.3. The van der Waals surface area contributed by atoms with E-state index in [1.165, 1.54) is 24.0 Å². The molecule has 2 aromatic carbocycles. The molecule has 0 spiro atoms. The molecule has 27 heavy (non-hydrogen) atoms. The summed E-state index contributed by atoms with van der Waals surface area (Å²) in [6, 6.07) is 12.9. The number of aryl methyl sites for hydroxylation is 2. The van der Waals surface area contributed by atoms with Gasteiger partial charge in [0.1, 0.15) is 0 Å². The van der Waals surface area contributed by atoms with Gasteiger partial charge in [0.05, 0.1) is 11.4 Å². The summed E-state index contributed by atoms with van der Waals surface area (Å²) in [5, 5.41) is 3.16. The molecule has 0 radical (unpaired) electrons. The molecule has 0 unspecified atom stereocenters. The monoisotopic (exact) mass is 386 g/mol. The van der Waals surface area contributed by atoms with Crippen LogP contribution in [-0.2, 0) is 22.9 Å². The van der Waals surface area contributed by atoms with Crippen LogP contribution in [0.5, 0.6) is 0 Å². The summed E-state index contributed by atoms with van der Waals surface area (Å²) in [4.78, 5) is 4.48. The minimum absolute atomic E-state index is 0.186. The molecular formula is C20H26N4O2S. The molecule has 0 heterocycles. The van der Waals surface area contributed by atoms with Gasteiger partial charge in [-0.05, 0) is 61.9 Å². The van der Waals surface area contributed by atoms with Crippen LogP contribution in [0.3, 0.4) is 0 Å². The van der Waals surface area contributed by atoms with Gasteiger partial charge in [0.2, 0.25) is 10.0 Å². The van der Waals surface area contributed by atoms with Crippen molar-refractivity contribution in [2.24, 2.45) is 10.7 Å². The predicted octanol–water partition coefficient (Wildman–Crippen LogP) is 2.58. The lowest BCUT2D eigenvalue weighted by Crippen LogP contribution is -2.29. The van der Waals surface area contributed by atoms with E-state index in [0.29, 0.717) is 5.96 Å². The van der Waals surface area contributed by atoms with Crippen molar-refractivity contribution < 1.29 is 8.42 Å². The molecule has 0 saturated carbocycles. The van der Waals surface area contributed by atoms with E-state index >= 15 is 0 Å². The summed E-state index contributed by atoms with van der Waals surface area (Å²) in [5.74, 6) is 0.295. The fourth-order valence-electron chi connectivity index (χ4n) is 3.23. The SMILES string of the molecule is Cc1ccc(S(=O)(=O)NCCN=C(N)Nc2cccc3c2CCCC3)cc1. The van der Waals surface area contributed by atoms with E-state index in [1.807, 2.05) is 19.1 Å². The predicted molar refractivity (Wildman–Crippen MR) is 110 cm³/mol. The first kappa shape index (κ1) is 19.4. The molecule has 0 amide bonds. The Morgan fingerprint density at radius 2 is 1.85 bits per heavy atom. The lowest BCUT2D eigenvalue weighted by atomic mass is 9.90. The first-order valence-corrected chi connectivity index (χ1v) is 10.7. The van der Waals surface area contributed by atoms with Gasteiger partial charge in [-0.2, -0.15) is 0 Å². The number of hydrogen-bond acceptors (Lipinski definition) is 3. The number of nitrogens with zero attached hydrogens (tertiary/aromatic N) is 1. The van der Waals surface area contributed by atoms with Crippen LogP contribution < -0.4 is 15.8 Å². The average Bonchev–Trinajstić information content (AvgIpc) is 2.66. The Hall–Kier alpha value is -2.38. The third-order valence-corrected chi connectivity index (χ3v) is 6.15. The van der Waals surface area contributed by atoms with Gasteiger partial charge >= 0.3 is 0 Å². The lowest BCUT2D eigenvalue weighted by Gasteiger charge is -2.19. The van der Waals surface area contributed by atoms with Gasteiger partial charge in [-0.25, -0.2) is 13.1 Å². The minimum Gasteiger partial charge on any atom is -0.370 e. The molecule has 2 aromatic rings. The van der Waals surface area contributed by atoms with E-state index in [2.05, 4.69) is 21.1 Å². The molecule has 0 bridgehead atoms. The van der Waals surface area contributed by atoms with Crippen LogP contribution in [-0.4, -0.2) is 27.5 Å². The Morgan fingerprint density at radius 3 is 2.63 bits per heavy atom. The Bertz CT molecular complexity index is 921. The van der Waals surface area contributed by atoms with Gasteiger partial charge < -0.3 is 11.1 Å². The lowest BCUT2D eigenvalue weighted by molar-refractivity contribution is 0.582. The molecule has 144 valence electrons. The number of sulfonamides is 1. The van der Waals surface area contributed by atoms with Gasteiger partial charge in [0.15, 0.2) is 5.96 Å². The summed E-state index contributed by atoms with van der Waals surface area (Å²) >= 11 is 0. The third-order valence-electron chi connectivity index (χ3n) is 4.68. The highest BCUT2D eigenvalue weighted by Crippen LogP contribution is 2.27. The van der Waals surface area contributed by atoms with Crippen molar-refractivity contribution in [3.8, 4) is 0 Å². The molecular weight excluding hydrogens is 360 g/mol. The number of hydrogen-bond donors (Lipinski definition) is 3. The zero-order valence-corrected chi connectivity index (χ0v) is 16.3. The summed E-state index contributed by atoms with van der Waals surface area (Å²) < 4.78 is 27.0. The number of fused-ring (bicyclic) bond motifs is 1. The van der Waals surface area contributed by atoms with E-state index in [0.717, 1.165) is 24.1 Å². The van der Waals surface area contributed by atoms with Crippen LogP contribution in [0.25, 0.3) is 0 Å². The molecule has 4 N–H and O–H groups in total. The number of rotatable bonds is 6. The summed E-state index contributed by atoms with van der Waals surface area (Å²) in [5.41, 5.74) is 10.7. The van der Waals surface area contributed by atoms with Crippen molar-refractivity contribution in [1.29, 1.82) is 0 Å². The third kappa shape index (κ3) is 5.08. The minimum atomic E-state index is -3.53. The summed E-state index contributed by atoms with van der Waals surface area (Å²) in [6.07, 6.45) is 4.55. The number of benzene rings is 2. The molecule has 3 rings (SSSR count).